The molecule has 2 rings (SSSR count). The molecule has 3 nitrogen and oxygen atoms in total. The number of nitrogens with zero attached hydrogens (tertiary/aromatic N) is 2. The van der Waals surface area contributed by atoms with Crippen molar-refractivity contribution in [2.24, 2.45) is 0 Å². The molecule has 0 atom stereocenters. The van der Waals surface area contributed by atoms with E-state index in [1.807, 2.05) is 13.8 Å². The first-order valence-corrected chi connectivity index (χ1v) is 7.36. The van der Waals surface area contributed by atoms with Crippen LogP contribution in [0.2, 0.25) is 5.15 Å². The maximum absolute atomic E-state index is 6.13. The minimum Gasteiger partial charge on any atom is -0.366 e. The Morgan fingerprint density at radius 1 is 1.00 bits per heavy atom. The standard InChI is InChI=1S/C16H20ClN3/c1-4-12-6-8-13(9-7-12)10-18-16-11(3)15(17)19-14(5-2)20-16/h6-9H,4-5,10H2,1-3H3,(H,18,19,20). The van der Waals surface area contributed by atoms with Crippen molar-refractivity contribution in [3.63, 3.8) is 0 Å². The second kappa shape index (κ2) is 6.71. The largest absolute Gasteiger partial charge is 0.366 e. The molecule has 0 fully saturated rings. The average Bonchev–Trinajstić information content (AvgIpc) is 2.49. The van der Waals surface area contributed by atoms with Gasteiger partial charge in [-0.05, 0) is 24.5 Å². The van der Waals surface area contributed by atoms with Crippen molar-refractivity contribution in [1.82, 2.24) is 9.97 Å². The van der Waals surface area contributed by atoms with Gasteiger partial charge in [-0.3, -0.25) is 0 Å². The van der Waals surface area contributed by atoms with Gasteiger partial charge in [0.1, 0.15) is 16.8 Å². The zero-order valence-electron chi connectivity index (χ0n) is 12.2. The van der Waals surface area contributed by atoms with Gasteiger partial charge in [-0.25, -0.2) is 9.97 Å². The van der Waals surface area contributed by atoms with E-state index < -0.39 is 0 Å². The Morgan fingerprint density at radius 3 is 2.25 bits per heavy atom. The molecule has 1 aromatic carbocycles. The molecule has 1 N–H and O–H groups in total. The molecular formula is C16H20ClN3. The molecule has 1 heterocycles. The van der Waals surface area contributed by atoms with Crippen molar-refractivity contribution in [3.05, 3.63) is 51.9 Å². The third kappa shape index (κ3) is 3.48. The van der Waals surface area contributed by atoms with Gasteiger partial charge in [-0.15, -0.1) is 0 Å². The van der Waals surface area contributed by atoms with Crippen LogP contribution in [0, 0.1) is 6.92 Å². The zero-order chi connectivity index (χ0) is 14.5. The second-order valence-electron chi connectivity index (χ2n) is 4.78. The molecule has 0 bridgehead atoms. The molecule has 0 amide bonds. The summed E-state index contributed by atoms with van der Waals surface area (Å²) in [6, 6.07) is 8.61. The Kier molecular flexibility index (Phi) is 4.96. The third-order valence-corrected chi connectivity index (χ3v) is 3.71. The fraction of sp³-hybridized carbons (Fsp3) is 0.375. The molecule has 1 aromatic heterocycles. The van der Waals surface area contributed by atoms with Crippen molar-refractivity contribution in [1.29, 1.82) is 0 Å². The Bertz CT molecular complexity index is 579. The zero-order valence-corrected chi connectivity index (χ0v) is 13.0. The van der Waals surface area contributed by atoms with Gasteiger partial charge in [-0.2, -0.15) is 0 Å². The Balaban J connectivity index is 2.11. The van der Waals surface area contributed by atoms with Gasteiger partial charge < -0.3 is 5.32 Å². The normalized spacial score (nSPS) is 10.6. The first-order chi connectivity index (χ1) is 9.63. The molecule has 0 aliphatic rings. The molecule has 0 unspecified atom stereocenters. The smallest absolute Gasteiger partial charge is 0.137 e. The minimum absolute atomic E-state index is 0.528. The fourth-order valence-corrected chi connectivity index (χ4v) is 2.13. The van der Waals surface area contributed by atoms with Crippen LogP contribution in [0.4, 0.5) is 5.82 Å². The van der Waals surface area contributed by atoms with Crippen LogP contribution in [0.3, 0.4) is 0 Å². The quantitative estimate of drug-likeness (QED) is 0.839. The van der Waals surface area contributed by atoms with Gasteiger partial charge in [0.05, 0.1) is 0 Å². The molecule has 0 aliphatic carbocycles. The number of hydrogen-bond acceptors (Lipinski definition) is 3. The monoisotopic (exact) mass is 289 g/mol. The number of rotatable bonds is 5. The van der Waals surface area contributed by atoms with E-state index >= 15 is 0 Å². The van der Waals surface area contributed by atoms with Gasteiger partial charge in [0, 0.05) is 18.5 Å². The first-order valence-electron chi connectivity index (χ1n) is 6.98. The summed E-state index contributed by atoms with van der Waals surface area (Å²) < 4.78 is 0. The lowest BCUT2D eigenvalue weighted by molar-refractivity contribution is 0.922. The van der Waals surface area contributed by atoms with Crippen LogP contribution in [-0.2, 0) is 19.4 Å². The predicted molar refractivity (Wildman–Crippen MR) is 84.3 cm³/mol. The van der Waals surface area contributed by atoms with Crippen molar-refractivity contribution in [2.45, 2.75) is 40.2 Å². The summed E-state index contributed by atoms with van der Waals surface area (Å²) in [5, 5.41) is 3.88. The highest BCUT2D eigenvalue weighted by Gasteiger charge is 2.08. The van der Waals surface area contributed by atoms with E-state index in [1.165, 1.54) is 11.1 Å². The molecule has 0 spiro atoms. The van der Waals surface area contributed by atoms with Gasteiger partial charge in [0.15, 0.2) is 0 Å². The van der Waals surface area contributed by atoms with E-state index in [9.17, 15) is 0 Å². The predicted octanol–water partition coefficient (Wildman–Crippen LogP) is 4.18. The van der Waals surface area contributed by atoms with Crippen molar-refractivity contribution >= 4 is 17.4 Å². The van der Waals surface area contributed by atoms with Crippen LogP contribution < -0.4 is 5.32 Å². The number of hydrogen-bond donors (Lipinski definition) is 1. The summed E-state index contributed by atoms with van der Waals surface area (Å²) in [6.07, 6.45) is 1.84. The maximum atomic E-state index is 6.13. The molecule has 20 heavy (non-hydrogen) atoms. The summed E-state index contributed by atoms with van der Waals surface area (Å²) in [5.41, 5.74) is 3.48. The van der Waals surface area contributed by atoms with Gasteiger partial charge >= 0.3 is 0 Å². The van der Waals surface area contributed by atoms with Crippen LogP contribution in [0.25, 0.3) is 0 Å². The minimum atomic E-state index is 0.528. The van der Waals surface area contributed by atoms with E-state index in [4.69, 9.17) is 11.6 Å². The van der Waals surface area contributed by atoms with Gasteiger partial charge in [-0.1, -0.05) is 49.7 Å². The molecule has 2 aromatic rings. The third-order valence-electron chi connectivity index (χ3n) is 3.34. The molecule has 0 aliphatic heterocycles. The van der Waals surface area contributed by atoms with Gasteiger partial charge in [0.2, 0.25) is 0 Å². The van der Waals surface area contributed by atoms with Crippen LogP contribution in [0.1, 0.15) is 36.4 Å². The van der Waals surface area contributed by atoms with Crippen LogP contribution >= 0.6 is 11.6 Å². The van der Waals surface area contributed by atoms with Crippen LogP contribution in [0.5, 0.6) is 0 Å². The summed E-state index contributed by atoms with van der Waals surface area (Å²) in [7, 11) is 0. The molecular weight excluding hydrogens is 270 g/mol. The average molecular weight is 290 g/mol. The highest BCUT2D eigenvalue weighted by Crippen LogP contribution is 2.20. The lowest BCUT2D eigenvalue weighted by Crippen LogP contribution is -2.07. The SMILES string of the molecule is CCc1ccc(CNc2nc(CC)nc(Cl)c2C)cc1. The molecule has 0 radical (unpaired) electrons. The highest BCUT2D eigenvalue weighted by molar-refractivity contribution is 6.30. The fourth-order valence-electron chi connectivity index (χ4n) is 1.94. The lowest BCUT2D eigenvalue weighted by atomic mass is 10.1. The summed E-state index contributed by atoms with van der Waals surface area (Å²) >= 11 is 6.13. The van der Waals surface area contributed by atoms with E-state index in [1.54, 1.807) is 0 Å². The van der Waals surface area contributed by atoms with Crippen LogP contribution in [-0.4, -0.2) is 9.97 Å². The highest BCUT2D eigenvalue weighted by atomic mass is 35.5. The van der Waals surface area contributed by atoms with Gasteiger partial charge in [0.25, 0.3) is 0 Å². The topological polar surface area (TPSA) is 37.8 Å². The van der Waals surface area contributed by atoms with E-state index in [0.717, 1.165) is 36.6 Å². The molecule has 0 saturated heterocycles. The first kappa shape index (κ1) is 14.8. The molecule has 106 valence electrons. The lowest BCUT2D eigenvalue weighted by Gasteiger charge is -2.11. The van der Waals surface area contributed by atoms with Crippen molar-refractivity contribution in [2.75, 3.05) is 5.32 Å². The number of nitrogens with one attached hydrogen (secondary N) is 1. The Morgan fingerprint density at radius 2 is 1.65 bits per heavy atom. The summed E-state index contributed by atoms with van der Waals surface area (Å²) in [6.45, 7) is 6.85. The van der Waals surface area contributed by atoms with Crippen molar-refractivity contribution < 1.29 is 0 Å². The Hall–Kier alpha value is -1.61. The van der Waals surface area contributed by atoms with E-state index in [2.05, 4.69) is 46.5 Å². The molecule has 4 heteroatoms. The Labute approximate surface area is 125 Å². The number of aryl methyl sites for hydroxylation is 2. The number of halogens is 1. The number of benzene rings is 1. The summed E-state index contributed by atoms with van der Waals surface area (Å²) in [4.78, 5) is 8.74. The number of anilines is 1. The maximum Gasteiger partial charge on any atom is 0.137 e. The van der Waals surface area contributed by atoms with Crippen LogP contribution in [0.15, 0.2) is 24.3 Å². The molecule has 0 saturated carbocycles. The number of aromatic nitrogens is 2. The van der Waals surface area contributed by atoms with E-state index in [0.29, 0.717) is 5.15 Å². The second-order valence-corrected chi connectivity index (χ2v) is 5.14. The van der Waals surface area contributed by atoms with E-state index in [-0.39, 0.29) is 0 Å². The van der Waals surface area contributed by atoms with Crippen molar-refractivity contribution in [3.8, 4) is 0 Å². The summed E-state index contributed by atoms with van der Waals surface area (Å²) in [5.74, 6) is 1.59.